The third kappa shape index (κ3) is 6.39. The van der Waals surface area contributed by atoms with E-state index in [2.05, 4.69) is 10.6 Å². The average Bonchev–Trinajstić information content (AvgIpc) is 3.90. The predicted molar refractivity (Wildman–Crippen MR) is 196 cm³/mol. The van der Waals surface area contributed by atoms with Crippen LogP contribution in [-0.2, 0) is 40.0 Å². The largest absolute Gasteiger partial charge is 0.479 e. The van der Waals surface area contributed by atoms with Gasteiger partial charge < -0.3 is 20.5 Å². The molecule has 0 saturated heterocycles. The van der Waals surface area contributed by atoms with Gasteiger partial charge in [0, 0.05) is 35.1 Å². The molecule has 2 aliphatic carbocycles. The minimum atomic E-state index is -1.27. The summed E-state index contributed by atoms with van der Waals surface area (Å²) in [5, 5.41) is 17.6. The number of benzene rings is 4. The number of rotatable bonds is 7. The first-order chi connectivity index (χ1) is 24.2. The van der Waals surface area contributed by atoms with Crippen molar-refractivity contribution in [1.82, 2.24) is 10.6 Å². The third-order valence-electron chi connectivity index (χ3n) is 9.29. The Morgan fingerprint density at radius 2 is 1.00 bits per heavy atom. The molecular weight excluding hydrogens is 669 g/mol. The molecule has 10 heteroatoms. The lowest BCUT2D eigenvalue weighted by atomic mass is 9.95. The summed E-state index contributed by atoms with van der Waals surface area (Å²) in [5.74, 6) is -1.92. The van der Waals surface area contributed by atoms with Crippen molar-refractivity contribution in [3.05, 3.63) is 141 Å². The van der Waals surface area contributed by atoms with Crippen LogP contribution in [0.3, 0.4) is 0 Å². The molecule has 2 aliphatic rings. The highest BCUT2D eigenvalue weighted by atomic mass is 32.1. The average molecular weight is 703 g/mol. The van der Waals surface area contributed by atoms with Crippen LogP contribution >= 0.6 is 22.7 Å². The van der Waals surface area contributed by atoms with Gasteiger partial charge in [0.05, 0.1) is 16.4 Å². The second-order valence-electron chi connectivity index (χ2n) is 12.6. The molecule has 0 fully saturated rings. The fourth-order valence-electron chi connectivity index (χ4n) is 6.82. The maximum atomic E-state index is 12.9. The molecule has 0 spiro atoms. The Morgan fingerprint density at radius 1 is 0.620 bits per heavy atom. The van der Waals surface area contributed by atoms with Gasteiger partial charge >= 0.3 is 11.9 Å². The van der Waals surface area contributed by atoms with Crippen molar-refractivity contribution in [3.8, 4) is 0 Å². The van der Waals surface area contributed by atoms with Gasteiger partial charge in [-0.05, 0) is 64.2 Å². The van der Waals surface area contributed by atoms with Gasteiger partial charge in [-0.3, -0.25) is 9.59 Å². The van der Waals surface area contributed by atoms with Crippen LogP contribution in [0.4, 0.5) is 0 Å². The number of fused-ring (bicyclic) bond motifs is 4. The Labute approximate surface area is 296 Å². The summed E-state index contributed by atoms with van der Waals surface area (Å²) in [6, 6.07) is 34.8. The summed E-state index contributed by atoms with van der Waals surface area (Å²) < 4.78 is 7.37. The number of carboxylic acids is 1. The number of thiophene rings is 2. The topological polar surface area (TPSA) is 122 Å². The lowest BCUT2D eigenvalue weighted by Crippen LogP contribution is -2.56. The molecule has 0 bridgehead atoms. The van der Waals surface area contributed by atoms with Gasteiger partial charge in [0.25, 0.3) is 11.8 Å². The van der Waals surface area contributed by atoms with Crippen molar-refractivity contribution in [2.75, 3.05) is 6.61 Å². The summed E-state index contributed by atoms with van der Waals surface area (Å²) in [6.07, 6.45) is 1.54. The molecule has 0 atom stereocenters. The number of esters is 1. The van der Waals surface area contributed by atoms with Crippen molar-refractivity contribution >= 4 is 66.6 Å². The van der Waals surface area contributed by atoms with E-state index in [0.29, 0.717) is 35.4 Å². The molecule has 3 N–H and O–H groups in total. The van der Waals surface area contributed by atoms with E-state index in [1.807, 2.05) is 109 Å². The first-order valence-corrected chi connectivity index (χ1v) is 18.0. The Kier molecular flexibility index (Phi) is 8.98. The number of hydrogen-bond acceptors (Lipinski definition) is 7. The van der Waals surface area contributed by atoms with E-state index in [1.54, 1.807) is 6.92 Å². The zero-order valence-electron chi connectivity index (χ0n) is 27.2. The summed E-state index contributed by atoms with van der Waals surface area (Å²) in [6.45, 7) is 2.07. The second kappa shape index (κ2) is 13.5. The maximum absolute atomic E-state index is 12.9. The van der Waals surface area contributed by atoms with Gasteiger partial charge in [-0.2, -0.15) is 0 Å². The second-order valence-corrected chi connectivity index (χ2v) is 14.8. The molecule has 8 nitrogen and oxygen atoms in total. The number of amides is 2. The first-order valence-electron chi connectivity index (χ1n) is 16.3. The van der Waals surface area contributed by atoms with Crippen LogP contribution in [0.1, 0.15) is 48.5 Å². The quantitative estimate of drug-likeness (QED) is 0.154. The molecule has 6 aromatic rings. The Bertz CT molecular complexity index is 2150. The van der Waals surface area contributed by atoms with E-state index in [-0.39, 0.29) is 24.4 Å². The van der Waals surface area contributed by atoms with Crippen molar-refractivity contribution in [2.45, 2.75) is 43.7 Å². The van der Waals surface area contributed by atoms with E-state index in [0.717, 1.165) is 42.4 Å². The molecule has 2 aromatic heterocycles. The summed E-state index contributed by atoms with van der Waals surface area (Å²) in [7, 11) is 0. The molecule has 0 saturated carbocycles. The van der Waals surface area contributed by atoms with Crippen LogP contribution in [0.25, 0.3) is 20.2 Å². The number of ether oxygens (including phenoxy) is 1. The maximum Gasteiger partial charge on any atom is 0.332 e. The van der Waals surface area contributed by atoms with Crippen LogP contribution in [0.15, 0.2) is 109 Å². The SMILES string of the molecule is CCOC(=O)C1(NC(=O)c2cc3ccccc3s2)Cc2ccccc2C1.O=C(NC1(C(=O)O)Cc2ccccc2C1)c1cc2ccccc2s1. The molecule has 0 unspecified atom stereocenters. The fourth-order valence-corrected chi connectivity index (χ4v) is 8.74. The van der Waals surface area contributed by atoms with E-state index < -0.39 is 17.0 Å². The predicted octanol–water partition coefficient (Wildman–Crippen LogP) is 6.99. The number of nitrogens with one attached hydrogen (secondary N) is 2. The molecule has 2 amide bonds. The van der Waals surface area contributed by atoms with Crippen molar-refractivity contribution < 1.29 is 29.0 Å². The van der Waals surface area contributed by atoms with Crippen molar-refractivity contribution in [2.24, 2.45) is 0 Å². The number of carbonyl (C=O) groups excluding carboxylic acids is 3. The van der Waals surface area contributed by atoms with E-state index in [4.69, 9.17) is 4.74 Å². The fraction of sp³-hybridized carbons (Fsp3) is 0.200. The molecule has 50 heavy (non-hydrogen) atoms. The molecule has 2 heterocycles. The minimum absolute atomic E-state index is 0.230. The van der Waals surface area contributed by atoms with Crippen LogP contribution in [0.2, 0.25) is 0 Å². The highest BCUT2D eigenvalue weighted by Crippen LogP contribution is 2.34. The summed E-state index contributed by atoms with van der Waals surface area (Å²) in [4.78, 5) is 51.4. The standard InChI is InChI=1S/C21H19NO3S.C19H15NO3S/c1-2-25-20(24)21(12-15-8-3-4-9-16(15)13-21)22-19(23)18-11-14-7-5-6-10-17(14)26-18;21-17(16-9-12-5-3-4-8-15(12)24-16)20-19(18(22)23)10-13-6-1-2-7-14(13)11-19/h3-11H,2,12-13H2,1H3,(H,22,23);1-9H,10-11H2,(H,20,21)(H,22,23). The third-order valence-corrected chi connectivity index (χ3v) is 11.5. The van der Waals surface area contributed by atoms with Gasteiger partial charge in [-0.15, -0.1) is 22.7 Å². The normalized spacial score (nSPS) is 15.0. The number of carboxylic acid groups (broad SMARTS) is 1. The van der Waals surface area contributed by atoms with Gasteiger partial charge in [-0.1, -0.05) is 84.9 Å². The van der Waals surface area contributed by atoms with E-state index in [1.165, 1.54) is 22.7 Å². The monoisotopic (exact) mass is 702 g/mol. The lowest BCUT2D eigenvalue weighted by molar-refractivity contribution is -0.150. The van der Waals surface area contributed by atoms with Crippen LogP contribution < -0.4 is 10.6 Å². The Morgan fingerprint density at radius 3 is 1.40 bits per heavy atom. The van der Waals surface area contributed by atoms with Crippen molar-refractivity contribution in [1.29, 1.82) is 0 Å². The van der Waals surface area contributed by atoms with Crippen molar-refractivity contribution in [3.63, 3.8) is 0 Å². The van der Waals surface area contributed by atoms with Crippen LogP contribution in [-0.4, -0.2) is 46.5 Å². The number of carbonyl (C=O) groups is 4. The molecule has 0 aliphatic heterocycles. The number of hydrogen-bond donors (Lipinski definition) is 3. The van der Waals surface area contributed by atoms with E-state index >= 15 is 0 Å². The Balaban J connectivity index is 0.000000157. The summed E-state index contributed by atoms with van der Waals surface area (Å²) in [5.41, 5.74) is 1.83. The number of aliphatic carboxylic acids is 1. The van der Waals surface area contributed by atoms with Gasteiger partial charge in [0.1, 0.15) is 11.1 Å². The van der Waals surface area contributed by atoms with Crippen LogP contribution in [0, 0.1) is 0 Å². The van der Waals surface area contributed by atoms with Gasteiger partial charge in [-0.25, -0.2) is 9.59 Å². The summed E-state index contributed by atoms with van der Waals surface area (Å²) >= 11 is 2.81. The minimum Gasteiger partial charge on any atom is -0.479 e. The van der Waals surface area contributed by atoms with Gasteiger partial charge in [0.15, 0.2) is 0 Å². The smallest absolute Gasteiger partial charge is 0.332 e. The molecule has 8 rings (SSSR count). The zero-order valence-corrected chi connectivity index (χ0v) is 28.9. The van der Waals surface area contributed by atoms with Crippen LogP contribution in [0.5, 0.6) is 0 Å². The van der Waals surface area contributed by atoms with E-state index in [9.17, 15) is 24.3 Å². The molecular formula is C40H34N2O6S2. The molecule has 0 radical (unpaired) electrons. The molecule has 4 aromatic carbocycles. The Hall–Kier alpha value is -5.32. The first kappa shape index (κ1) is 33.2. The highest BCUT2D eigenvalue weighted by Gasteiger charge is 2.47. The van der Waals surface area contributed by atoms with Gasteiger partial charge in [0.2, 0.25) is 0 Å². The highest BCUT2D eigenvalue weighted by molar-refractivity contribution is 7.21. The zero-order chi connectivity index (χ0) is 34.9. The molecule has 252 valence electrons. The lowest BCUT2D eigenvalue weighted by Gasteiger charge is -2.27.